The Morgan fingerprint density at radius 3 is 0.569 bits per heavy atom. The highest BCUT2D eigenvalue weighted by molar-refractivity contribution is 5.87. The lowest BCUT2D eigenvalue weighted by molar-refractivity contribution is -0.500. The smallest absolute Gasteiger partial charge is 0.413 e. The minimum Gasteiger partial charge on any atom is -0.413 e. The number of rotatable bonds is 16. The molecule has 0 aromatic heterocycles. The number of hydrogen-bond donors (Lipinski definition) is 0. The Balaban J connectivity index is 8.40. The molecule has 0 spiro atoms. The predicted octanol–water partition coefficient (Wildman–Crippen LogP) is 11.8. The van der Waals surface area contributed by atoms with Gasteiger partial charge < -0.3 is 4.74 Å². The minimum absolute atomic E-state index is 0.439. The van der Waals surface area contributed by atoms with Crippen LogP contribution in [-0.2, 0) is 9.53 Å². The highest BCUT2D eigenvalue weighted by Crippen LogP contribution is 2.70. The fourth-order valence-corrected chi connectivity index (χ4v) is 3.27. The van der Waals surface area contributed by atoms with E-state index < -0.39 is 120 Å². The molecule has 0 radical (unpaired) electrons. The summed E-state index contributed by atoms with van der Waals surface area (Å²) in [6, 6.07) is 0. The molecular weight excluding hydrogens is 949 g/mol. The Kier molecular flexibility index (Phi) is 12.6. The summed E-state index contributed by atoms with van der Waals surface area (Å²) in [5.41, 5.74) is -2.41. The summed E-state index contributed by atoms with van der Waals surface area (Å²) in [5.74, 6) is -151. The lowest BCUT2D eigenvalue weighted by Gasteiger charge is -2.48. The van der Waals surface area contributed by atoms with Gasteiger partial charge in [-0.3, -0.25) is 0 Å². The lowest BCUT2D eigenvalue weighted by Crippen LogP contribution is -2.81. The molecule has 0 amide bonds. The fraction of sp³-hybridized carbons (Fsp3) is 0.857. The molecule has 1 unspecified atom stereocenters. The molecular formula is C21H5F35O2. The SMILES string of the molecule is C=C(C)C(=O)OC(F)(C(F)(F)C(F)(F)C(F)(F)C(F)(F)C(F)(F)C(F)(F)F)C(F)(F)C(F)(F)C(F)(F)C(F)(F)C(F)(F)C(F)(F)C(F)(F)C(F)(F)C(F)(F)C(F)(F)F. The van der Waals surface area contributed by atoms with Crippen LogP contribution in [0.3, 0.4) is 0 Å². The summed E-state index contributed by atoms with van der Waals surface area (Å²) in [6.07, 6.45) is -16.9. The first-order chi connectivity index (χ1) is 24.3. The van der Waals surface area contributed by atoms with E-state index in [0.717, 1.165) is 0 Å². The van der Waals surface area contributed by atoms with E-state index in [0.29, 0.717) is 0 Å². The molecule has 0 aliphatic heterocycles. The monoisotopic (exact) mass is 954 g/mol. The van der Waals surface area contributed by atoms with Gasteiger partial charge in [0.25, 0.3) is 0 Å². The first-order valence-corrected chi connectivity index (χ1v) is 12.3. The molecule has 0 N–H and O–H groups in total. The topological polar surface area (TPSA) is 26.3 Å². The molecule has 37 heteroatoms. The average Bonchev–Trinajstić information content (AvgIpc) is 2.98. The first-order valence-electron chi connectivity index (χ1n) is 12.3. The first kappa shape index (κ1) is 54.8. The third kappa shape index (κ3) is 6.30. The highest BCUT2D eigenvalue weighted by Gasteiger charge is 3.02. The van der Waals surface area contributed by atoms with Gasteiger partial charge in [0.2, 0.25) is 0 Å². The van der Waals surface area contributed by atoms with Crippen molar-refractivity contribution in [3.63, 3.8) is 0 Å². The standard InChI is InChI=1S/C21H5F35O2/c1-3(2)4(57)58-19(50,16(44,45)12(36,37)10(32,33)14(40,41)18(48,49)21(54,55)56)15(42,43)11(34,35)8(28,29)6(24,25)5(22,23)7(26,27)9(30,31)13(38,39)17(46,47)20(51,52)53/h1H2,2H3. The van der Waals surface area contributed by atoms with Crippen molar-refractivity contribution in [1.82, 2.24) is 0 Å². The van der Waals surface area contributed by atoms with E-state index in [9.17, 15) is 154 Å². The Hall–Kier alpha value is -3.24. The number of carbonyl (C=O) groups is 1. The molecule has 0 aliphatic carbocycles. The maximum absolute atomic E-state index is 15.2. The van der Waals surface area contributed by atoms with Crippen LogP contribution in [0.5, 0.6) is 0 Å². The molecule has 0 fully saturated rings. The second kappa shape index (κ2) is 13.4. The van der Waals surface area contributed by atoms with E-state index in [1.54, 1.807) is 4.74 Å². The zero-order chi connectivity index (χ0) is 48.4. The van der Waals surface area contributed by atoms with Crippen molar-refractivity contribution in [3.05, 3.63) is 12.2 Å². The van der Waals surface area contributed by atoms with Gasteiger partial charge in [0.15, 0.2) is 0 Å². The second-order valence-corrected chi connectivity index (χ2v) is 10.8. The van der Waals surface area contributed by atoms with E-state index in [1.807, 2.05) is 6.58 Å². The van der Waals surface area contributed by atoms with Gasteiger partial charge >= 0.3 is 107 Å². The lowest BCUT2D eigenvalue weighted by atomic mass is 9.82. The van der Waals surface area contributed by atoms with Crippen molar-refractivity contribution in [1.29, 1.82) is 0 Å². The van der Waals surface area contributed by atoms with E-state index >= 15 is 4.39 Å². The van der Waals surface area contributed by atoms with Gasteiger partial charge in [-0.1, -0.05) is 6.58 Å². The van der Waals surface area contributed by atoms with Crippen molar-refractivity contribution in [3.8, 4) is 0 Å². The zero-order valence-electron chi connectivity index (χ0n) is 25.3. The van der Waals surface area contributed by atoms with Crippen LogP contribution in [0.1, 0.15) is 6.92 Å². The molecule has 0 heterocycles. The van der Waals surface area contributed by atoms with Crippen molar-refractivity contribution in [2.24, 2.45) is 0 Å². The van der Waals surface area contributed by atoms with Crippen LogP contribution in [0.4, 0.5) is 154 Å². The summed E-state index contributed by atoms with van der Waals surface area (Å²) in [7, 11) is 0. The molecule has 0 bridgehead atoms. The van der Waals surface area contributed by atoms with Gasteiger partial charge in [-0.05, 0) is 6.92 Å². The predicted molar refractivity (Wildman–Crippen MR) is 106 cm³/mol. The normalized spacial score (nSPS) is 17.6. The van der Waals surface area contributed by atoms with Crippen LogP contribution < -0.4 is 0 Å². The Morgan fingerprint density at radius 1 is 0.293 bits per heavy atom. The fourth-order valence-electron chi connectivity index (χ4n) is 3.27. The molecule has 0 aromatic carbocycles. The van der Waals surface area contributed by atoms with Gasteiger partial charge in [-0.2, -0.15) is 154 Å². The van der Waals surface area contributed by atoms with E-state index in [4.69, 9.17) is 0 Å². The molecule has 0 aromatic rings. The van der Waals surface area contributed by atoms with E-state index in [1.165, 1.54) is 0 Å². The van der Waals surface area contributed by atoms with Crippen molar-refractivity contribution >= 4 is 5.97 Å². The maximum Gasteiger partial charge on any atom is 0.460 e. The van der Waals surface area contributed by atoms with Crippen LogP contribution in [0.25, 0.3) is 0 Å². The van der Waals surface area contributed by atoms with Crippen LogP contribution in [0.2, 0.25) is 0 Å². The maximum atomic E-state index is 15.2. The highest BCUT2D eigenvalue weighted by atomic mass is 19.4. The van der Waals surface area contributed by atoms with E-state index in [2.05, 4.69) is 0 Å². The molecule has 346 valence electrons. The van der Waals surface area contributed by atoms with Crippen LogP contribution in [0.15, 0.2) is 12.2 Å². The molecule has 58 heavy (non-hydrogen) atoms. The second-order valence-electron chi connectivity index (χ2n) is 10.8. The minimum atomic E-state index is -10.3. The van der Waals surface area contributed by atoms with Crippen molar-refractivity contribution in [2.45, 2.75) is 108 Å². The van der Waals surface area contributed by atoms with Gasteiger partial charge in [-0.25, -0.2) is 4.79 Å². The number of ether oxygens (including phenoxy) is 1. The number of alkyl halides is 35. The Morgan fingerprint density at radius 2 is 0.431 bits per heavy atom. The number of hydrogen-bond acceptors (Lipinski definition) is 2. The Bertz CT molecular complexity index is 1560. The van der Waals surface area contributed by atoms with Crippen molar-refractivity contribution < 1.29 is 163 Å². The summed E-state index contributed by atoms with van der Waals surface area (Å²) in [4.78, 5) is 11.4. The molecule has 0 saturated heterocycles. The molecule has 0 saturated carbocycles. The number of halogens is 35. The van der Waals surface area contributed by atoms with Crippen LogP contribution in [-0.4, -0.2) is 107 Å². The van der Waals surface area contributed by atoms with Gasteiger partial charge in [0, 0.05) is 5.57 Å². The zero-order valence-corrected chi connectivity index (χ0v) is 25.3. The van der Waals surface area contributed by atoms with Crippen LogP contribution >= 0.6 is 0 Å². The average molecular weight is 954 g/mol. The third-order valence-electron chi connectivity index (χ3n) is 6.83. The summed E-state index contributed by atoms with van der Waals surface area (Å²) >= 11 is 0. The quantitative estimate of drug-likeness (QED) is 0.0875. The molecule has 0 rings (SSSR count). The van der Waals surface area contributed by atoms with Gasteiger partial charge in [-0.15, -0.1) is 0 Å². The molecule has 0 aliphatic rings. The summed E-state index contributed by atoms with van der Waals surface area (Å²) < 4.78 is 478. The largest absolute Gasteiger partial charge is 0.460 e. The van der Waals surface area contributed by atoms with Crippen LogP contribution in [0, 0.1) is 0 Å². The van der Waals surface area contributed by atoms with E-state index in [-0.39, 0.29) is 0 Å². The van der Waals surface area contributed by atoms with Gasteiger partial charge in [0.05, 0.1) is 0 Å². The third-order valence-corrected chi connectivity index (χ3v) is 6.83. The number of esters is 1. The summed E-state index contributed by atoms with van der Waals surface area (Å²) in [5, 5.41) is 0. The molecule has 1 atom stereocenters. The molecule has 2 nitrogen and oxygen atoms in total. The van der Waals surface area contributed by atoms with Gasteiger partial charge in [0.1, 0.15) is 0 Å². The summed E-state index contributed by atoms with van der Waals surface area (Å²) in [6.45, 7) is 1.45. The number of carbonyl (C=O) groups excluding carboxylic acids is 1. The van der Waals surface area contributed by atoms with Crippen molar-refractivity contribution in [2.75, 3.05) is 0 Å². The Labute approximate surface area is 290 Å².